The fourth-order valence-corrected chi connectivity index (χ4v) is 3.27. The molecule has 0 saturated carbocycles. The number of carbonyl (C=O) groups is 3. The molecule has 0 aromatic heterocycles. The fourth-order valence-electron chi connectivity index (χ4n) is 3.27. The summed E-state index contributed by atoms with van der Waals surface area (Å²) in [7, 11) is 0. The van der Waals surface area contributed by atoms with Gasteiger partial charge in [0.1, 0.15) is 6.10 Å². The van der Waals surface area contributed by atoms with E-state index in [1.165, 1.54) is 6.08 Å². The van der Waals surface area contributed by atoms with Crippen molar-refractivity contribution in [2.45, 2.75) is 26.4 Å². The van der Waals surface area contributed by atoms with E-state index < -0.39 is 12.1 Å². The lowest BCUT2D eigenvalue weighted by Gasteiger charge is -2.23. The van der Waals surface area contributed by atoms with E-state index in [4.69, 9.17) is 4.74 Å². The average Bonchev–Trinajstić information content (AvgIpc) is 2.74. The normalized spacial score (nSPS) is 34.0. The van der Waals surface area contributed by atoms with E-state index in [9.17, 15) is 14.4 Å². The van der Waals surface area contributed by atoms with Crippen LogP contribution in [0.25, 0.3) is 0 Å². The molecule has 0 N–H and O–H groups in total. The quantitative estimate of drug-likeness (QED) is 0.488. The largest absolute Gasteiger partial charge is 0.457 e. The van der Waals surface area contributed by atoms with Crippen LogP contribution in [-0.2, 0) is 19.1 Å². The second kappa shape index (κ2) is 3.76. The molecule has 0 bridgehead atoms. The molecule has 1 fully saturated rings. The van der Waals surface area contributed by atoms with Crippen LogP contribution in [0, 0.1) is 11.8 Å². The van der Waals surface area contributed by atoms with Gasteiger partial charge in [-0.05, 0) is 25.5 Å². The highest BCUT2D eigenvalue weighted by molar-refractivity contribution is 6.14. The lowest BCUT2D eigenvalue weighted by Crippen LogP contribution is -2.27. The number of rotatable bonds is 0. The lowest BCUT2D eigenvalue weighted by molar-refractivity contribution is -0.140. The van der Waals surface area contributed by atoms with E-state index in [-0.39, 0.29) is 29.8 Å². The third-order valence-corrected chi connectivity index (χ3v) is 4.33. The Bertz CT molecular complexity index is 606. The molecule has 3 atom stereocenters. The summed E-state index contributed by atoms with van der Waals surface area (Å²) in [6.07, 6.45) is 1.27. The monoisotopic (exact) mass is 258 g/mol. The second-order valence-electron chi connectivity index (χ2n) is 5.40. The Morgan fingerprint density at radius 3 is 2.63 bits per heavy atom. The molecular formula is C15H14O4. The van der Waals surface area contributed by atoms with E-state index in [1.807, 2.05) is 6.92 Å². The summed E-state index contributed by atoms with van der Waals surface area (Å²) < 4.78 is 5.37. The third-order valence-electron chi connectivity index (χ3n) is 4.33. The minimum atomic E-state index is -0.459. The molecule has 0 aromatic rings. The number of esters is 1. The van der Waals surface area contributed by atoms with Crippen molar-refractivity contribution in [1.29, 1.82) is 0 Å². The molecule has 4 nitrogen and oxygen atoms in total. The predicted octanol–water partition coefficient (Wildman–Crippen LogP) is 1.52. The number of hydrogen-bond acceptors (Lipinski definition) is 4. The second-order valence-corrected chi connectivity index (χ2v) is 5.40. The van der Waals surface area contributed by atoms with Crippen LogP contribution in [0.2, 0.25) is 0 Å². The van der Waals surface area contributed by atoms with Crippen molar-refractivity contribution < 1.29 is 19.1 Å². The summed E-state index contributed by atoms with van der Waals surface area (Å²) >= 11 is 0. The number of fused-ring (bicyclic) bond motifs is 3. The first kappa shape index (κ1) is 12.1. The van der Waals surface area contributed by atoms with E-state index in [0.717, 1.165) is 5.57 Å². The summed E-state index contributed by atoms with van der Waals surface area (Å²) in [5.74, 6) is -1.28. The van der Waals surface area contributed by atoms with E-state index in [0.29, 0.717) is 16.7 Å². The average molecular weight is 258 g/mol. The smallest absolute Gasteiger partial charge is 0.334 e. The molecule has 0 aromatic carbocycles. The zero-order valence-electron chi connectivity index (χ0n) is 10.9. The van der Waals surface area contributed by atoms with Crippen molar-refractivity contribution >= 4 is 17.5 Å². The molecule has 0 radical (unpaired) electrons. The summed E-state index contributed by atoms with van der Waals surface area (Å²) in [4.78, 5) is 35.9. The molecule has 2 aliphatic carbocycles. The molecule has 0 amide bonds. The van der Waals surface area contributed by atoms with Gasteiger partial charge in [0.2, 0.25) is 0 Å². The summed E-state index contributed by atoms with van der Waals surface area (Å²) in [6.45, 7) is 7.25. The summed E-state index contributed by atoms with van der Waals surface area (Å²) in [5, 5.41) is 0. The van der Waals surface area contributed by atoms with Gasteiger partial charge >= 0.3 is 5.97 Å². The summed E-state index contributed by atoms with van der Waals surface area (Å²) in [6, 6.07) is 0. The molecule has 1 saturated heterocycles. The number of hydrogen-bond donors (Lipinski definition) is 0. The first-order chi connectivity index (χ1) is 8.91. The molecule has 4 heteroatoms. The van der Waals surface area contributed by atoms with Crippen molar-refractivity contribution in [3.05, 3.63) is 34.9 Å². The topological polar surface area (TPSA) is 60.4 Å². The van der Waals surface area contributed by atoms with Crippen LogP contribution in [0.15, 0.2) is 34.9 Å². The van der Waals surface area contributed by atoms with Gasteiger partial charge in [-0.1, -0.05) is 12.2 Å². The highest BCUT2D eigenvalue weighted by Crippen LogP contribution is 2.46. The standard InChI is InChI=1S/C15H14O4/c1-6-4-11(17)13-8(3)10(16)5-9-7(2)15(18)19-14(9)12(6)13/h4,9,12,14H,2,5H2,1,3H3/t9-,12+,14+/m0/s1. The molecule has 98 valence electrons. The maximum atomic E-state index is 12.2. The Kier molecular flexibility index (Phi) is 2.39. The van der Waals surface area contributed by atoms with Gasteiger partial charge in [-0.2, -0.15) is 0 Å². The minimum Gasteiger partial charge on any atom is -0.457 e. The first-order valence-electron chi connectivity index (χ1n) is 6.28. The van der Waals surface area contributed by atoms with Crippen LogP contribution >= 0.6 is 0 Å². The molecule has 0 unspecified atom stereocenters. The maximum absolute atomic E-state index is 12.2. The van der Waals surface area contributed by atoms with Gasteiger partial charge in [0.25, 0.3) is 0 Å². The van der Waals surface area contributed by atoms with Crippen LogP contribution in [0.1, 0.15) is 20.3 Å². The highest BCUT2D eigenvalue weighted by Gasteiger charge is 2.50. The highest BCUT2D eigenvalue weighted by atomic mass is 16.6. The van der Waals surface area contributed by atoms with Crippen molar-refractivity contribution in [2.24, 2.45) is 11.8 Å². The van der Waals surface area contributed by atoms with Gasteiger partial charge in [0.15, 0.2) is 11.6 Å². The van der Waals surface area contributed by atoms with Crippen LogP contribution in [0.5, 0.6) is 0 Å². The van der Waals surface area contributed by atoms with E-state index in [1.54, 1.807) is 6.92 Å². The molecule has 19 heavy (non-hydrogen) atoms. The molecule has 3 rings (SSSR count). The Balaban J connectivity index is 2.17. The number of Topliss-reactive ketones (excluding diaryl/α,β-unsaturated/α-hetero) is 1. The van der Waals surface area contributed by atoms with Crippen molar-refractivity contribution in [3.8, 4) is 0 Å². The van der Waals surface area contributed by atoms with Crippen molar-refractivity contribution in [2.75, 3.05) is 0 Å². The van der Waals surface area contributed by atoms with Crippen molar-refractivity contribution in [1.82, 2.24) is 0 Å². The van der Waals surface area contributed by atoms with E-state index >= 15 is 0 Å². The zero-order valence-corrected chi connectivity index (χ0v) is 10.9. The first-order valence-corrected chi connectivity index (χ1v) is 6.28. The third kappa shape index (κ3) is 1.49. The van der Waals surface area contributed by atoms with Crippen LogP contribution in [0.4, 0.5) is 0 Å². The Labute approximate surface area is 110 Å². The predicted molar refractivity (Wildman–Crippen MR) is 67.1 cm³/mol. The summed E-state index contributed by atoms with van der Waals surface area (Å²) in [5.41, 5.74) is 2.20. The van der Waals surface area contributed by atoms with Gasteiger partial charge in [0, 0.05) is 29.4 Å². The molecule has 1 heterocycles. The molecule has 3 aliphatic rings. The van der Waals surface area contributed by atoms with Crippen LogP contribution in [0.3, 0.4) is 0 Å². The number of carbonyl (C=O) groups excluding carboxylic acids is 3. The Morgan fingerprint density at radius 2 is 1.95 bits per heavy atom. The Morgan fingerprint density at radius 1 is 1.26 bits per heavy atom. The van der Waals surface area contributed by atoms with Gasteiger partial charge in [0.05, 0.1) is 0 Å². The molecular weight excluding hydrogens is 244 g/mol. The number of ketones is 2. The Hall–Kier alpha value is -1.97. The van der Waals surface area contributed by atoms with Gasteiger partial charge in [-0.3, -0.25) is 9.59 Å². The molecule has 0 spiro atoms. The van der Waals surface area contributed by atoms with Crippen LogP contribution < -0.4 is 0 Å². The minimum absolute atomic E-state index is 0.0941. The fraction of sp³-hybridized carbons (Fsp3) is 0.400. The number of ether oxygens (including phenoxy) is 1. The maximum Gasteiger partial charge on any atom is 0.334 e. The van der Waals surface area contributed by atoms with E-state index in [2.05, 4.69) is 6.58 Å². The lowest BCUT2D eigenvalue weighted by atomic mass is 9.83. The molecule has 1 aliphatic heterocycles. The SMILES string of the molecule is C=C1C(=O)O[C@H]2[C@@H]3C(C)=CC(=O)C3=C(C)C(=O)C[C@@H]12. The zero-order chi connectivity index (χ0) is 13.9. The van der Waals surface area contributed by atoms with Crippen LogP contribution in [-0.4, -0.2) is 23.6 Å². The van der Waals surface area contributed by atoms with Crippen molar-refractivity contribution in [3.63, 3.8) is 0 Å². The van der Waals surface area contributed by atoms with Gasteiger partial charge in [-0.25, -0.2) is 4.79 Å². The number of allylic oxidation sites excluding steroid dienone is 2. The van der Waals surface area contributed by atoms with Gasteiger partial charge < -0.3 is 4.74 Å². The van der Waals surface area contributed by atoms with Gasteiger partial charge in [-0.15, -0.1) is 0 Å².